The van der Waals surface area contributed by atoms with Crippen LogP contribution < -0.4 is 4.74 Å². The van der Waals surface area contributed by atoms with Crippen LogP contribution in [0.3, 0.4) is 0 Å². The average Bonchev–Trinajstić information content (AvgIpc) is 2.47. The lowest BCUT2D eigenvalue weighted by Gasteiger charge is -2.09. The van der Waals surface area contributed by atoms with Gasteiger partial charge in [-0.15, -0.1) is 11.6 Å². The molecule has 0 saturated heterocycles. The van der Waals surface area contributed by atoms with Crippen LogP contribution in [0.4, 0.5) is 0 Å². The van der Waals surface area contributed by atoms with Crippen molar-refractivity contribution in [2.75, 3.05) is 0 Å². The summed E-state index contributed by atoms with van der Waals surface area (Å²) in [5.74, 6) is -1.20. The molecule has 1 atom stereocenters. The molecule has 0 aliphatic rings. The molecule has 0 fully saturated rings. The van der Waals surface area contributed by atoms with Gasteiger partial charge in [0, 0.05) is 0 Å². The molecular formula is C16H21ClO4. The Morgan fingerprint density at radius 1 is 1.14 bits per heavy atom. The molecule has 0 aliphatic heterocycles. The van der Waals surface area contributed by atoms with E-state index < -0.39 is 17.3 Å². The normalized spacial score (nSPS) is 11.9. The van der Waals surface area contributed by atoms with Crippen molar-refractivity contribution in [1.82, 2.24) is 0 Å². The Morgan fingerprint density at radius 3 is 2.33 bits per heavy atom. The summed E-state index contributed by atoms with van der Waals surface area (Å²) in [5.41, 5.74) is 0.146. The molecule has 1 aromatic carbocycles. The number of hydrogen-bond acceptors (Lipinski definition) is 3. The van der Waals surface area contributed by atoms with E-state index in [0.29, 0.717) is 12.2 Å². The van der Waals surface area contributed by atoms with E-state index in [2.05, 4.69) is 6.92 Å². The summed E-state index contributed by atoms with van der Waals surface area (Å²) < 4.78 is 5.13. The van der Waals surface area contributed by atoms with Gasteiger partial charge < -0.3 is 9.84 Å². The highest BCUT2D eigenvalue weighted by molar-refractivity contribution is 6.30. The fourth-order valence-electron chi connectivity index (χ4n) is 1.89. The van der Waals surface area contributed by atoms with E-state index in [-0.39, 0.29) is 5.56 Å². The van der Waals surface area contributed by atoms with Gasteiger partial charge in [-0.1, -0.05) is 39.0 Å². The van der Waals surface area contributed by atoms with E-state index in [1.165, 1.54) is 37.1 Å². The number of halogens is 1. The third-order valence-electron chi connectivity index (χ3n) is 3.14. The highest BCUT2D eigenvalue weighted by Gasteiger charge is 2.17. The molecule has 0 aliphatic carbocycles. The summed E-state index contributed by atoms with van der Waals surface area (Å²) in [6.45, 7) is 2.15. The third-order valence-corrected chi connectivity index (χ3v) is 3.53. The summed E-state index contributed by atoms with van der Waals surface area (Å²) in [6.07, 6.45) is 6.11. The highest BCUT2D eigenvalue weighted by Crippen LogP contribution is 2.17. The first-order valence-electron chi connectivity index (χ1n) is 7.23. The van der Waals surface area contributed by atoms with Crippen LogP contribution in [0.15, 0.2) is 24.3 Å². The zero-order valence-corrected chi connectivity index (χ0v) is 12.9. The van der Waals surface area contributed by atoms with Crippen LogP contribution >= 0.6 is 11.6 Å². The molecule has 4 nitrogen and oxygen atoms in total. The van der Waals surface area contributed by atoms with Crippen molar-refractivity contribution < 1.29 is 19.4 Å². The van der Waals surface area contributed by atoms with Crippen LogP contribution in [0.5, 0.6) is 5.75 Å². The topological polar surface area (TPSA) is 63.6 Å². The van der Waals surface area contributed by atoms with Crippen LogP contribution in [0.25, 0.3) is 0 Å². The molecule has 21 heavy (non-hydrogen) atoms. The quantitative estimate of drug-likeness (QED) is 0.320. The molecule has 1 rings (SSSR count). The van der Waals surface area contributed by atoms with E-state index in [0.717, 1.165) is 19.3 Å². The lowest BCUT2D eigenvalue weighted by Crippen LogP contribution is -2.20. The number of carbonyl (C=O) groups excluding carboxylic acids is 1. The maximum Gasteiger partial charge on any atom is 0.335 e. The average molecular weight is 313 g/mol. The molecule has 1 unspecified atom stereocenters. The van der Waals surface area contributed by atoms with Gasteiger partial charge >= 0.3 is 11.9 Å². The Bertz CT molecular complexity index is 456. The zero-order chi connectivity index (χ0) is 15.7. The van der Waals surface area contributed by atoms with Gasteiger partial charge in [0.25, 0.3) is 0 Å². The Morgan fingerprint density at radius 2 is 1.76 bits per heavy atom. The van der Waals surface area contributed by atoms with E-state index >= 15 is 0 Å². The molecule has 0 aromatic heterocycles. The number of aromatic carboxylic acids is 1. The van der Waals surface area contributed by atoms with Crippen LogP contribution in [0, 0.1) is 0 Å². The SMILES string of the molecule is CCCCCCCC(Cl)C(=O)Oc1ccc(C(=O)O)cc1. The lowest BCUT2D eigenvalue weighted by atomic mass is 10.1. The van der Waals surface area contributed by atoms with Gasteiger partial charge in [-0.25, -0.2) is 4.79 Å². The van der Waals surface area contributed by atoms with Crippen LogP contribution in [0.2, 0.25) is 0 Å². The maximum atomic E-state index is 11.8. The summed E-state index contributed by atoms with van der Waals surface area (Å²) in [5, 5.41) is 8.11. The Kier molecular flexibility index (Phi) is 7.83. The van der Waals surface area contributed by atoms with E-state index in [1.807, 2.05) is 0 Å². The minimum atomic E-state index is -1.02. The van der Waals surface area contributed by atoms with Gasteiger partial charge in [-0.2, -0.15) is 0 Å². The van der Waals surface area contributed by atoms with Gasteiger partial charge in [0.1, 0.15) is 11.1 Å². The Hall–Kier alpha value is -1.55. The predicted octanol–water partition coefficient (Wildman–Crippen LogP) is 4.26. The van der Waals surface area contributed by atoms with Crippen molar-refractivity contribution in [3.8, 4) is 5.75 Å². The minimum absolute atomic E-state index is 0.146. The standard InChI is InChI=1S/C16H21ClO4/c1-2-3-4-5-6-7-14(17)16(20)21-13-10-8-12(9-11-13)15(18)19/h8-11,14H,2-7H2,1H3,(H,18,19). The van der Waals surface area contributed by atoms with Crippen LogP contribution in [-0.4, -0.2) is 22.4 Å². The molecule has 5 heteroatoms. The second kappa shape index (κ2) is 9.40. The summed E-state index contributed by atoms with van der Waals surface area (Å²) in [7, 11) is 0. The van der Waals surface area contributed by atoms with Gasteiger partial charge in [0.15, 0.2) is 0 Å². The number of carboxylic acids is 1. The molecule has 0 radical (unpaired) electrons. The van der Waals surface area contributed by atoms with Crippen molar-refractivity contribution >= 4 is 23.5 Å². The monoisotopic (exact) mass is 312 g/mol. The number of carbonyl (C=O) groups is 2. The molecule has 0 saturated carbocycles. The van der Waals surface area contributed by atoms with Crippen molar-refractivity contribution in [3.63, 3.8) is 0 Å². The number of ether oxygens (including phenoxy) is 1. The van der Waals surface area contributed by atoms with E-state index in [9.17, 15) is 9.59 Å². The molecule has 0 heterocycles. The molecule has 0 amide bonds. The molecule has 1 N–H and O–H groups in total. The molecular weight excluding hydrogens is 292 g/mol. The first kappa shape index (κ1) is 17.5. The second-order valence-electron chi connectivity index (χ2n) is 4.92. The maximum absolute atomic E-state index is 11.8. The van der Waals surface area contributed by atoms with Crippen molar-refractivity contribution in [2.24, 2.45) is 0 Å². The summed E-state index contributed by atoms with van der Waals surface area (Å²) >= 11 is 6.01. The Labute approximate surface area is 130 Å². The molecule has 0 bridgehead atoms. The summed E-state index contributed by atoms with van der Waals surface area (Å²) in [6, 6.07) is 5.68. The number of hydrogen-bond donors (Lipinski definition) is 1. The van der Waals surface area contributed by atoms with Crippen molar-refractivity contribution in [2.45, 2.75) is 50.8 Å². The number of unbranched alkanes of at least 4 members (excludes halogenated alkanes) is 4. The smallest absolute Gasteiger partial charge is 0.335 e. The molecule has 116 valence electrons. The zero-order valence-electron chi connectivity index (χ0n) is 12.2. The molecule has 1 aromatic rings. The van der Waals surface area contributed by atoms with Crippen LogP contribution in [-0.2, 0) is 4.79 Å². The van der Waals surface area contributed by atoms with Crippen molar-refractivity contribution in [3.05, 3.63) is 29.8 Å². The highest BCUT2D eigenvalue weighted by atomic mass is 35.5. The number of esters is 1. The predicted molar refractivity (Wildman–Crippen MR) is 82.1 cm³/mol. The fourth-order valence-corrected chi connectivity index (χ4v) is 2.09. The van der Waals surface area contributed by atoms with Crippen LogP contribution in [0.1, 0.15) is 55.8 Å². The fraction of sp³-hybridized carbons (Fsp3) is 0.500. The van der Waals surface area contributed by atoms with E-state index in [1.54, 1.807) is 0 Å². The van der Waals surface area contributed by atoms with Gasteiger partial charge in [-0.3, -0.25) is 4.79 Å². The third kappa shape index (κ3) is 6.63. The van der Waals surface area contributed by atoms with E-state index in [4.69, 9.17) is 21.4 Å². The largest absolute Gasteiger partial charge is 0.478 e. The number of benzene rings is 1. The minimum Gasteiger partial charge on any atom is -0.478 e. The number of alkyl halides is 1. The summed E-state index contributed by atoms with van der Waals surface area (Å²) in [4.78, 5) is 22.5. The number of rotatable bonds is 9. The van der Waals surface area contributed by atoms with Crippen molar-refractivity contribution in [1.29, 1.82) is 0 Å². The van der Waals surface area contributed by atoms with Gasteiger partial charge in [0.05, 0.1) is 5.56 Å². The van der Waals surface area contributed by atoms with Gasteiger partial charge in [0.2, 0.25) is 0 Å². The molecule has 0 spiro atoms. The Balaban J connectivity index is 2.36. The second-order valence-corrected chi connectivity index (χ2v) is 5.45. The van der Waals surface area contributed by atoms with Gasteiger partial charge in [-0.05, 0) is 30.7 Å². The lowest BCUT2D eigenvalue weighted by molar-refractivity contribution is -0.134. The first-order valence-corrected chi connectivity index (χ1v) is 7.67. The number of carboxylic acid groups (broad SMARTS) is 1. The first-order chi connectivity index (χ1) is 10.0.